The molecule has 0 radical (unpaired) electrons. The van der Waals surface area contributed by atoms with Crippen LogP contribution in [-0.2, 0) is 12.0 Å². The van der Waals surface area contributed by atoms with Crippen molar-refractivity contribution in [3.63, 3.8) is 0 Å². The van der Waals surface area contributed by atoms with Crippen LogP contribution in [0.5, 0.6) is 5.75 Å². The summed E-state index contributed by atoms with van der Waals surface area (Å²) < 4.78 is 34.6. The maximum Gasteiger partial charge on any atom is 0.150 e. The third kappa shape index (κ3) is 5.06. The highest BCUT2D eigenvalue weighted by molar-refractivity contribution is 5.95. The minimum absolute atomic E-state index is 0.0435. The van der Waals surface area contributed by atoms with E-state index in [1.165, 1.54) is 42.6 Å². The first-order chi connectivity index (χ1) is 18.9. The van der Waals surface area contributed by atoms with E-state index in [0.717, 1.165) is 64.0 Å². The summed E-state index contributed by atoms with van der Waals surface area (Å²) in [7, 11) is 1.51. The van der Waals surface area contributed by atoms with E-state index in [4.69, 9.17) is 4.74 Å². The van der Waals surface area contributed by atoms with Gasteiger partial charge in [0, 0.05) is 33.7 Å². The highest BCUT2D eigenvalue weighted by Gasteiger charge is 2.31. The molecule has 39 heavy (non-hydrogen) atoms. The second-order valence-electron chi connectivity index (χ2n) is 11.2. The highest BCUT2D eigenvalue weighted by atomic mass is 19.1. The molecule has 7 heteroatoms. The summed E-state index contributed by atoms with van der Waals surface area (Å²) >= 11 is 0. The molecule has 0 aliphatic carbocycles. The Balaban J connectivity index is 1.12. The molecular weight excluding hydrogens is 494 g/mol. The van der Waals surface area contributed by atoms with E-state index in [1.807, 2.05) is 6.07 Å². The molecule has 1 unspecified atom stereocenters. The Labute approximate surface area is 228 Å². The molecule has 0 amide bonds. The van der Waals surface area contributed by atoms with E-state index >= 15 is 4.39 Å². The molecule has 204 valence electrons. The second kappa shape index (κ2) is 10.7. The van der Waals surface area contributed by atoms with Gasteiger partial charge in [0.15, 0.2) is 0 Å². The molecule has 0 spiro atoms. The zero-order chi connectivity index (χ0) is 27.0. The van der Waals surface area contributed by atoms with Crippen LogP contribution < -0.4 is 10.1 Å². The number of halogens is 2. The molecule has 4 heterocycles. The predicted octanol–water partition coefficient (Wildman–Crippen LogP) is 6.54. The average molecular weight is 531 g/mol. The minimum Gasteiger partial charge on any atom is -0.496 e. The van der Waals surface area contributed by atoms with Crippen molar-refractivity contribution in [2.45, 2.75) is 50.5 Å². The number of H-pyrrole nitrogens is 1. The largest absolute Gasteiger partial charge is 0.496 e. The maximum absolute atomic E-state index is 15.1. The molecule has 2 aromatic heterocycles. The van der Waals surface area contributed by atoms with Gasteiger partial charge >= 0.3 is 0 Å². The topological polar surface area (TPSA) is 53.2 Å². The van der Waals surface area contributed by atoms with Gasteiger partial charge < -0.3 is 19.9 Å². The van der Waals surface area contributed by atoms with Crippen LogP contribution in [0.15, 0.2) is 54.7 Å². The van der Waals surface area contributed by atoms with E-state index in [0.29, 0.717) is 33.8 Å². The first-order valence-electron chi connectivity index (χ1n) is 14.0. The highest BCUT2D eigenvalue weighted by Crippen LogP contribution is 2.39. The summed E-state index contributed by atoms with van der Waals surface area (Å²) in [5, 5.41) is 4.43. The van der Waals surface area contributed by atoms with Crippen LogP contribution in [0.3, 0.4) is 0 Å². The number of piperidine rings is 1. The molecule has 0 saturated carbocycles. The standard InChI is InChI=1S/C32H36F2N4O/c1-32(26-7-4-3-6-21(26)10-14-36-32)13-5-15-38-16-11-22(12-17-38)28-19-25-30(27(34)20-35-31(25)37-28)24-18-23(33)8-9-29(24)39-2/h3-4,6-9,18-20,22,36H,5,10-17H2,1-2H3,(H,35,37). The Bertz CT molecular complexity index is 1480. The van der Waals surface area contributed by atoms with Gasteiger partial charge in [-0.2, -0.15) is 0 Å². The summed E-state index contributed by atoms with van der Waals surface area (Å²) in [6, 6.07) is 15.0. The minimum atomic E-state index is -0.490. The lowest BCUT2D eigenvalue weighted by Crippen LogP contribution is -2.45. The van der Waals surface area contributed by atoms with E-state index in [9.17, 15) is 4.39 Å². The molecule has 0 bridgehead atoms. The van der Waals surface area contributed by atoms with Crippen LogP contribution in [0.2, 0.25) is 0 Å². The molecule has 2 aromatic carbocycles. The zero-order valence-corrected chi connectivity index (χ0v) is 22.7. The predicted molar refractivity (Wildman–Crippen MR) is 151 cm³/mol. The quantitative estimate of drug-likeness (QED) is 0.285. The lowest BCUT2D eigenvalue weighted by atomic mass is 9.80. The van der Waals surface area contributed by atoms with Crippen molar-refractivity contribution in [3.05, 3.63) is 83.2 Å². The molecule has 2 aliphatic heterocycles. The van der Waals surface area contributed by atoms with Crippen molar-refractivity contribution >= 4 is 11.0 Å². The molecular formula is C32H36F2N4O. The number of rotatable bonds is 7. The van der Waals surface area contributed by atoms with Crippen LogP contribution in [0.4, 0.5) is 8.78 Å². The lowest BCUT2D eigenvalue weighted by molar-refractivity contribution is 0.196. The third-order valence-corrected chi connectivity index (χ3v) is 8.76. The number of methoxy groups -OCH3 is 1. The summed E-state index contributed by atoms with van der Waals surface area (Å²) in [6.45, 7) is 6.54. The number of hydrogen-bond acceptors (Lipinski definition) is 4. The van der Waals surface area contributed by atoms with Crippen molar-refractivity contribution in [2.75, 3.05) is 33.3 Å². The Morgan fingerprint density at radius 2 is 1.92 bits per heavy atom. The molecule has 5 nitrogen and oxygen atoms in total. The van der Waals surface area contributed by atoms with Gasteiger partial charge in [-0.1, -0.05) is 24.3 Å². The third-order valence-electron chi connectivity index (χ3n) is 8.76. The van der Waals surface area contributed by atoms with Gasteiger partial charge in [-0.25, -0.2) is 13.8 Å². The Kier molecular flexibility index (Phi) is 7.12. The number of aromatic amines is 1. The van der Waals surface area contributed by atoms with Gasteiger partial charge in [-0.15, -0.1) is 0 Å². The van der Waals surface area contributed by atoms with Crippen LogP contribution in [-0.4, -0.2) is 48.2 Å². The van der Waals surface area contributed by atoms with Crippen molar-refractivity contribution in [2.24, 2.45) is 0 Å². The molecule has 1 saturated heterocycles. The lowest BCUT2D eigenvalue weighted by Gasteiger charge is -2.38. The summed E-state index contributed by atoms with van der Waals surface area (Å²) in [4.78, 5) is 10.3. The Morgan fingerprint density at radius 3 is 2.74 bits per heavy atom. The van der Waals surface area contributed by atoms with E-state index in [2.05, 4.69) is 51.4 Å². The summed E-state index contributed by atoms with van der Waals surface area (Å²) in [6.07, 6.45) is 6.64. The van der Waals surface area contributed by atoms with Gasteiger partial charge in [0.1, 0.15) is 23.0 Å². The number of benzene rings is 2. The number of nitrogens with zero attached hydrogens (tertiary/aromatic N) is 2. The molecule has 4 aromatic rings. The smallest absolute Gasteiger partial charge is 0.150 e. The van der Waals surface area contributed by atoms with E-state index in [-0.39, 0.29) is 5.54 Å². The Morgan fingerprint density at radius 1 is 1.10 bits per heavy atom. The van der Waals surface area contributed by atoms with E-state index < -0.39 is 11.6 Å². The number of ether oxygens (including phenoxy) is 1. The van der Waals surface area contributed by atoms with Crippen molar-refractivity contribution in [1.82, 2.24) is 20.2 Å². The van der Waals surface area contributed by atoms with Crippen LogP contribution in [0, 0.1) is 11.6 Å². The van der Waals surface area contributed by atoms with Crippen LogP contribution in [0.25, 0.3) is 22.2 Å². The Hall–Kier alpha value is -3.29. The molecule has 1 fully saturated rings. The molecule has 6 rings (SSSR count). The first-order valence-corrected chi connectivity index (χ1v) is 14.0. The fourth-order valence-electron chi connectivity index (χ4n) is 6.63. The number of fused-ring (bicyclic) bond motifs is 2. The van der Waals surface area contributed by atoms with Crippen LogP contribution in [0.1, 0.15) is 55.3 Å². The molecule has 1 atom stereocenters. The van der Waals surface area contributed by atoms with Crippen molar-refractivity contribution in [1.29, 1.82) is 0 Å². The SMILES string of the molecule is COc1ccc(F)cc1-c1c(F)cnc2[nH]c(C3CCN(CCCC4(C)NCCc5ccccc54)CC3)cc12. The summed E-state index contributed by atoms with van der Waals surface area (Å²) in [5.74, 6) is -0.142. The van der Waals surface area contributed by atoms with Crippen molar-refractivity contribution < 1.29 is 13.5 Å². The number of hydrogen-bond donors (Lipinski definition) is 2. The van der Waals surface area contributed by atoms with Gasteiger partial charge in [0.2, 0.25) is 0 Å². The first kappa shape index (κ1) is 26.0. The number of aromatic nitrogens is 2. The second-order valence-corrected chi connectivity index (χ2v) is 11.2. The maximum atomic E-state index is 15.1. The number of nitrogens with one attached hydrogen (secondary N) is 2. The number of pyridine rings is 1. The molecule has 2 N–H and O–H groups in total. The fourth-order valence-corrected chi connectivity index (χ4v) is 6.63. The number of likely N-dealkylation sites (tertiary alicyclic amines) is 1. The van der Waals surface area contributed by atoms with E-state index in [1.54, 1.807) is 0 Å². The normalized spacial score (nSPS) is 20.3. The average Bonchev–Trinajstić information content (AvgIpc) is 3.38. The zero-order valence-electron chi connectivity index (χ0n) is 22.7. The molecule has 2 aliphatic rings. The van der Waals surface area contributed by atoms with Gasteiger partial charge in [-0.3, -0.25) is 0 Å². The fraction of sp³-hybridized carbons (Fsp3) is 0.406. The monoisotopic (exact) mass is 530 g/mol. The summed E-state index contributed by atoms with van der Waals surface area (Å²) in [5.41, 5.74) is 5.37. The van der Waals surface area contributed by atoms with Crippen LogP contribution >= 0.6 is 0 Å². The van der Waals surface area contributed by atoms with Crippen molar-refractivity contribution in [3.8, 4) is 16.9 Å². The van der Waals surface area contributed by atoms with Gasteiger partial charge in [0.25, 0.3) is 0 Å². The van der Waals surface area contributed by atoms with Gasteiger partial charge in [0.05, 0.1) is 13.3 Å². The van der Waals surface area contributed by atoms with Gasteiger partial charge in [-0.05, 0) is 101 Å².